The third-order valence-corrected chi connectivity index (χ3v) is 7.31. The largest absolute Gasteiger partial charge is 0.354 e. The summed E-state index contributed by atoms with van der Waals surface area (Å²) in [5.74, 6) is 1.53. The second-order valence-electron chi connectivity index (χ2n) is 8.04. The molecule has 0 aromatic heterocycles. The number of carbonyl (C=O) groups is 2. The lowest BCUT2D eigenvalue weighted by Crippen LogP contribution is -2.51. The molecule has 0 radical (unpaired) electrons. The number of thioether (sulfide) groups is 1. The Morgan fingerprint density at radius 2 is 1.81 bits per heavy atom. The summed E-state index contributed by atoms with van der Waals surface area (Å²) in [6.07, 6.45) is 13.0. The van der Waals surface area contributed by atoms with Gasteiger partial charge in [-0.3, -0.25) is 9.59 Å². The topological polar surface area (TPSA) is 75.4 Å². The molecule has 1 aliphatic heterocycles. The lowest BCUT2D eigenvalue weighted by atomic mass is 9.88. The van der Waals surface area contributed by atoms with Crippen molar-refractivity contribution in [2.45, 2.75) is 95.4 Å². The number of unbranched alkanes of at least 4 members (excludes halogenated alkanes) is 4. The number of hydrogen-bond donors (Lipinski definition) is 2. The second-order valence-corrected chi connectivity index (χ2v) is 9.19. The number of rotatable bonds is 11. The Hall–Kier alpha value is -0.750. The van der Waals surface area contributed by atoms with Crippen LogP contribution in [-0.4, -0.2) is 47.0 Å². The van der Waals surface area contributed by atoms with Gasteiger partial charge >= 0.3 is 0 Å². The van der Waals surface area contributed by atoms with Crippen molar-refractivity contribution in [2.24, 2.45) is 11.7 Å². The molecule has 1 saturated carbocycles. The van der Waals surface area contributed by atoms with E-state index in [4.69, 9.17) is 5.73 Å². The van der Waals surface area contributed by atoms with E-state index in [-0.39, 0.29) is 23.2 Å². The van der Waals surface area contributed by atoms with Gasteiger partial charge in [0.2, 0.25) is 11.8 Å². The number of carbonyl (C=O) groups excluding carboxylic acids is 2. The van der Waals surface area contributed by atoms with Gasteiger partial charge in [-0.2, -0.15) is 0 Å². The molecule has 27 heavy (non-hydrogen) atoms. The van der Waals surface area contributed by atoms with Crippen LogP contribution in [0, 0.1) is 5.92 Å². The second kappa shape index (κ2) is 12.7. The van der Waals surface area contributed by atoms with Crippen LogP contribution in [0.15, 0.2) is 0 Å². The van der Waals surface area contributed by atoms with Gasteiger partial charge in [0.05, 0.1) is 5.37 Å². The first-order valence-electron chi connectivity index (χ1n) is 11.1. The SMILES string of the molecule is CCCCC(=O)N1C(C(=O)NCCCCCCN)CSC1C1CCCCC1. The Bertz CT molecular complexity index is 455. The highest BCUT2D eigenvalue weighted by Gasteiger charge is 2.44. The van der Waals surface area contributed by atoms with Gasteiger partial charge < -0.3 is 16.0 Å². The lowest BCUT2D eigenvalue weighted by Gasteiger charge is -2.35. The quantitative estimate of drug-likeness (QED) is 0.522. The summed E-state index contributed by atoms with van der Waals surface area (Å²) in [5.41, 5.74) is 5.52. The minimum absolute atomic E-state index is 0.0458. The van der Waals surface area contributed by atoms with Crippen LogP contribution in [0.3, 0.4) is 0 Å². The zero-order chi connectivity index (χ0) is 19.5. The molecule has 2 amide bonds. The Morgan fingerprint density at radius 3 is 2.52 bits per heavy atom. The van der Waals surface area contributed by atoms with Crippen molar-refractivity contribution in [2.75, 3.05) is 18.8 Å². The van der Waals surface area contributed by atoms with E-state index in [0.717, 1.165) is 50.8 Å². The van der Waals surface area contributed by atoms with E-state index in [2.05, 4.69) is 12.2 Å². The number of nitrogens with two attached hydrogens (primary N) is 1. The first kappa shape index (κ1) is 22.5. The maximum atomic E-state index is 12.9. The van der Waals surface area contributed by atoms with E-state index in [9.17, 15) is 9.59 Å². The van der Waals surface area contributed by atoms with Crippen molar-refractivity contribution >= 4 is 23.6 Å². The zero-order valence-electron chi connectivity index (χ0n) is 17.1. The fourth-order valence-electron chi connectivity index (χ4n) is 4.24. The fourth-order valence-corrected chi connectivity index (χ4v) is 5.90. The van der Waals surface area contributed by atoms with Crippen LogP contribution in [0.5, 0.6) is 0 Å². The molecule has 2 aliphatic rings. The van der Waals surface area contributed by atoms with Crippen LogP contribution in [0.4, 0.5) is 0 Å². The predicted octanol–water partition coefficient (Wildman–Crippen LogP) is 3.66. The molecule has 5 nitrogen and oxygen atoms in total. The molecule has 0 aromatic carbocycles. The molecule has 2 atom stereocenters. The standard InChI is InChI=1S/C21H39N3O2S/c1-2-3-13-19(25)24-18(20(26)23-15-10-5-4-9-14-22)16-27-21(24)17-11-7-6-8-12-17/h17-18,21H,2-16,22H2,1H3,(H,23,26). The molecule has 0 bridgehead atoms. The Labute approximate surface area is 169 Å². The third kappa shape index (κ3) is 6.97. The molecule has 156 valence electrons. The molecule has 0 aromatic rings. The normalized spacial score (nSPS) is 23.6. The summed E-state index contributed by atoms with van der Waals surface area (Å²) in [7, 11) is 0. The van der Waals surface area contributed by atoms with Crippen LogP contribution in [0.2, 0.25) is 0 Å². The highest BCUT2D eigenvalue weighted by Crippen LogP contribution is 2.40. The molecular formula is C21H39N3O2S. The monoisotopic (exact) mass is 397 g/mol. The maximum Gasteiger partial charge on any atom is 0.243 e. The molecule has 1 saturated heterocycles. The van der Waals surface area contributed by atoms with E-state index >= 15 is 0 Å². The van der Waals surface area contributed by atoms with Crippen LogP contribution in [-0.2, 0) is 9.59 Å². The van der Waals surface area contributed by atoms with Crippen LogP contribution >= 0.6 is 11.8 Å². The molecule has 1 aliphatic carbocycles. The summed E-state index contributed by atoms with van der Waals surface area (Å²) < 4.78 is 0. The van der Waals surface area contributed by atoms with Crippen LogP contribution in [0.1, 0.15) is 84.0 Å². The Kier molecular flexibility index (Phi) is 10.6. The Balaban J connectivity index is 1.91. The first-order chi connectivity index (χ1) is 13.2. The highest BCUT2D eigenvalue weighted by molar-refractivity contribution is 8.00. The smallest absolute Gasteiger partial charge is 0.243 e. The molecule has 1 heterocycles. The minimum atomic E-state index is -0.282. The van der Waals surface area contributed by atoms with Gasteiger partial charge in [0, 0.05) is 18.7 Å². The lowest BCUT2D eigenvalue weighted by molar-refractivity contribution is -0.140. The van der Waals surface area contributed by atoms with Crippen LogP contribution in [0.25, 0.3) is 0 Å². The van der Waals surface area contributed by atoms with Gasteiger partial charge in [-0.05, 0) is 44.6 Å². The number of nitrogens with one attached hydrogen (secondary N) is 1. The number of hydrogen-bond acceptors (Lipinski definition) is 4. The average molecular weight is 398 g/mol. The molecule has 3 N–H and O–H groups in total. The summed E-state index contributed by atoms with van der Waals surface area (Å²) in [4.78, 5) is 27.7. The molecule has 6 heteroatoms. The molecule has 0 spiro atoms. The van der Waals surface area contributed by atoms with Gasteiger partial charge in [0.15, 0.2) is 0 Å². The van der Waals surface area contributed by atoms with E-state index in [1.54, 1.807) is 0 Å². The predicted molar refractivity (Wildman–Crippen MR) is 114 cm³/mol. The van der Waals surface area contributed by atoms with Crippen LogP contribution < -0.4 is 11.1 Å². The number of nitrogens with zero attached hydrogens (tertiary/aromatic N) is 1. The van der Waals surface area contributed by atoms with Gasteiger partial charge in [0.1, 0.15) is 6.04 Å². The van der Waals surface area contributed by atoms with Gasteiger partial charge in [-0.15, -0.1) is 11.8 Å². The maximum absolute atomic E-state index is 12.9. The summed E-state index contributed by atoms with van der Waals surface area (Å²) in [6.45, 7) is 3.55. The number of amides is 2. The summed E-state index contributed by atoms with van der Waals surface area (Å²) in [6, 6.07) is -0.282. The van der Waals surface area contributed by atoms with E-state index < -0.39 is 0 Å². The van der Waals surface area contributed by atoms with Crippen molar-refractivity contribution < 1.29 is 9.59 Å². The molecule has 2 rings (SSSR count). The van der Waals surface area contributed by atoms with E-state index in [1.165, 1.54) is 32.1 Å². The summed E-state index contributed by atoms with van der Waals surface area (Å²) >= 11 is 1.84. The van der Waals surface area contributed by atoms with Gasteiger partial charge in [-0.25, -0.2) is 0 Å². The third-order valence-electron chi connectivity index (χ3n) is 5.85. The van der Waals surface area contributed by atoms with E-state index in [1.807, 2.05) is 16.7 Å². The molecule has 2 fully saturated rings. The summed E-state index contributed by atoms with van der Waals surface area (Å²) in [5, 5.41) is 3.29. The zero-order valence-corrected chi connectivity index (χ0v) is 17.9. The highest BCUT2D eigenvalue weighted by atomic mass is 32.2. The van der Waals surface area contributed by atoms with Crippen molar-refractivity contribution in [1.82, 2.24) is 10.2 Å². The van der Waals surface area contributed by atoms with Crippen molar-refractivity contribution in [3.63, 3.8) is 0 Å². The average Bonchev–Trinajstić information content (AvgIpc) is 3.14. The van der Waals surface area contributed by atoms with Crippen molar-refractivity contribution in [3.05, 3.63) is 0 Å². The Morgan fingerprint density at radius 1 is 1.07 bits per heavy atom. The fraction of sp³-hybridized carbons (Fsp3) is 0.905. The molecule has 2 unspecified atom stereocenters. The first-order valence-corrected chi connectivity index (χ1v) is 12.1. The van der Waals surface area contributed by atoms with Crippen molar-refractivity contribution in [3.8, 4) is 0 Å². The van der Waals surface area contributed by atoms with Crippen molar-refractivity contribution in [1.29, 1.82) is 0 Å². The van der Waals surface area contributed by atoms with Gasteiger partial charge in [0.25, 0.3) is 0 Å². The van der Waals surface area contributed by atoms with Gasteiger partial charge in [-0.1, -0.05) is 45.4 Å². The minimum Gasteiger partial charge on any atom is -0.354 e. The van der Waals surface area contributed by atoms with E-state index in [0.29, 0.717) is 18.9 Å². The molecular weight excluding hydrogens is 358 g/mol.